The summed E-state index contributed by atoms with van der Waals surface area (Å²) in [7, 11) is 0. The zero-order valence-electron chi connectivity index (χ0n) is 7.05. The van der Waals surface area contributed by atoms with Crippen molar-refractivity contribution < 1.29 is 9.90 Å². The number of carboxylic acid groups (broad SMARTS) is 1. The van der Waals surface area contributed by atoms with Crippen LogP contribution in [0.2, 0.25) is 0 Å². The quantitative estimate of drug-likeness (QED) is 0.698. The molecule has 0 radical (unpaired) electrons. The Kier molecular flexibility index (Phi) is 1.88. The molecule has 0 unspecified atom stereocenters. The highest BCUT2D eigenvalue weighted by Crippen LogP contribution is 2.23. The number of allylic oxidation sites excluding steroid dienone is 2. The van der Waals surface area contributed by atoms with Gasteiger partial charge in [0, 0.05) is 6.20 Å². The van der Waals surface area contributed by atoms with Crippen molar-refractivity contribution in [2.75, 3.05) is 0 Å². The molecule has 1 heterocycles. The maximum atomic E-state index is 10.8. The molecule has 0 aromatic carbocycles. The van der Waals surface area contributed by atoms with Crippen molar-refractivity contribution in [3.63, 3.8) is 0 Å². The predicted molar refractivity (Wildman–Crippen MR) is 46.6 cm³/mol. The molecular formula is C9H10N2O2. The van der Waals surface area contributed by atoms with Crippen molar-refractivity contribution in [3.05, 3.63) is 30.1 Å². The number of rotatable bonds is 2. The maximum Gasteiger partial charge on any atom is 0.354 e. The van der Waals surface area contributed by atoms with E-state index in [0.717, 1.165) is 12.8 Å². The van der Waals surface area contributed by atoms with Gasteiger partial charge in [-0.2, -0.15) is 5.10 Å². The molecule has 0 aliphatic heterocycles. The minimum absolute atomic E-state index is 0.195. The average molecular weight is 178 g/mol. The van der Waals surface area contributed by atoms with Crippen molar-refractivity contribution in [2.24, 2.45) is 0 Å². The van der Waals surface area contributed by atoms with Gasteiger partial charge in [-0.05, 0) is 18.9 Å². The Balaban J connectivity index is 2.29. The molecule has 0 atom stereocenters. The molecule has 0 saturated heterocycles. The fourth-order valence-electron chi connectivity index (χ4n) is 1.58. The van der Waals surface area contributed by atoms with Crippen LogP contribution < -0.4 is 0 Å². The zero-order valence-corrected chi connectivity index (χ0v) is 7.05. The first-order chi connectivity index (χ1) is 6.29. The predicted octanol–water partition coefficient (Wildman–Crippen LogP) is 1.47. The van der Waals surface area contributed by atoms with Gasteiger partial charge in [0.05, 0.1) is 6.04 Å². The van der Waals surface area contributed by atoms with Crippen LogP contribution in [-0.2, 0) is 0 Å². The molecule has 1 N–H and O–H groups in total. The molecule has 13 heavy (non-hydrogen) atoms. The van der Waals surface area contributed by atoms with Crippen molar-refractivity contribution in [1.82, 2.24) is 9.78 Å². The smallest absolute Gasteiger partial charge is 0.354 e. The van der Waals surface area contributed by atoms with Crippen LogP contribution in [0.3, 0.4) is 0 Å². The third-order valence-corrected chi connectivity index (χ3v) is 2.22. The van der Waals surface area contributed by atoms with Gasteiger partial charge < -0.3 is 5.11 Å². The number of aromatic nitrogens is 2. The lowest BCUT2D eigenvalue weighted by atomic mass is 10.2. The first-order valence-corrected chi connectivity index (χ1v) is 4.21. The molecule has 1 aliphatic rings. The van der Waals surface area contributed by atoms with E-state index in [2.05, 4.69) is 17.3 Å². The van der Waals surface area contributed by atoms with E-state index in [4.69, 9.17) is 5.11 Å². The molecule has 1 aliphatic carbocycles. The monoisotopic (exact) mass is 178 g/mol. The Bertz CT molecular complexity index is 346. The molecule has 0 saturated carbocycles. The Hall–Kier alpha value is -1.58. The molecule has 0 fully saturated rings. The summed E-state index contributed by atoms with van der Waals surface area (Å²) in [5, 5.41) is 12.8. The standard InChI is InChI=1S/C9H10N2O2/c12-9(13)8-5-6-10-11(8)7-3-1-2-4-7/h1-2,5-7H,3-4H2,(H,12,13). The van der Waals surface area contributed by atoms with Gasteiger partial charge in [0.1, 0.15) is 5.69 Å². The van der Waals surface area contributed by atoms with E-state index in [9.17, 15) is 4.79 Å². The lowest BCUT2D eigenvalue weighted by molar-refractivity contribution is 0.0680. The van der Waals surface area contributed by atoms with Crippen LogP contribution in [-0.4, -0.2) is 20.9 Å². The van der Waals surface area contributed by atoms with Crippen LogP contribution in [0.5, 0.6) is 0 Å². The molecule has 0 bridgehead atoms. The lowest BCUT2D eigenvalue weighted by Gasteiger charge is -2.11. The molecule has 4 heteroatoms. The largest absolute Gasteiger partial charge is 0.477 e. The summed E-state index contributed by atoms with van der Waals surface area (Å²) in [5.74, 6) is -0.913. The van der Waals surface area contributed by atoms with Crippen molar-refractivity contribution in [1.29, 1.82) is 0 Å². The molecule has 0 amide bonds. The van der Waals surface area contributed by atoms with Gasteiger partial charge in [0.2, 0.25) is 0 Å². The summed E-state index contributed by atoms with van der Waals surface area (Å²) in [6.45, 7) is 0. The summed E-state index contributed by atoms with van der Waals surface area (Å²) in [6, 6.07) is 1.72. The third-order valence-electron chi connectivity index (χ3n) is 2.22. The number of aromatic carboxylic acids is 1. The summed E-state index contributed by atoms with van der Waals surface area (Å²) in [4.78, 5) is 10.8. The van der Waals surface area contributed by atoms with Crippen LogP contribution in [0.15, 0.2) is 24.4 Å². The normalized spacial score (nSPS) is 16.6. The summed E-state index contributed by atoms with van der Waals surface area (Å²) in [6.07, 6.45) is 7.39. The number of carboxylic acids is 1. The van der Waals surface area contributed by atoms with Gasteiger partial charge >= 0.3 is 5.97 Å². The van der Waals surface area contributed by atoms with E-state index < -0.39 is 5.97 Å². The number of hydrogen-bond acceptors (Lipinski definition) is 2. The van der Waals surface area contributed by atoms with Crippen LogP contribution in [0.4, 0.5) is 0 Å². The van der Waals surface area contributed by atoms with Crippen molar-refractivity contribution >= 4 is 5.97 Å². The number of nitrogens with zero attached hydrogens (tertiary/aromatic N) is 2. The SMILES string of the molecule is O=C(O)c1ccnn1C1CC=CC1. The van der Waals surface area contributed by atoms with E-state index in [1.54, 1.807) is 4.68 Å². The van der Waals surface area contributed by atoms with Gasteiger partial charge in [-0.15, -0.1) is 0 Å². The van der Waals surface area contributed by atoms with E-state index >= 15 is 0 Å². The number of hydrogen-bond donors (Lipinski definition) is 1. The van der Waals surface area contributed by atoms with E-state index in [-0.39, 0.29) is 11.7 Å². The highest BCUT2D eigenvalue weighted by Gasteiger charge is 2.19. The summed E-state index contributed by atoms with van der Waals surface area (Å²) < 4.78 is 1.59. The molecule has 4 nitrogen and oxygen atoms in total. The van der Waals surface area contributed by atoms with Crippen LogP contribution in [0.1, 0.15) is 29.4 Å². The van der Waals surface area contributed by atoms with Gasteiger partial charge in [0.15, 0.2) is 0 Å². The van der Waals surface area contributed by atoms with Crippen molar-refractivity contribution in [2.45, 2.75) is 18.9 Å². The zero-order chi connectivity index (χ0) is 9.26. The van der Waals surface area contributed by atoms with E-state index in [1.165, 1.54) is 12.3 Å². The van der Waals surface area contributed by atoms with Gasteiger partial charge in [-0.3, -0.25) is 4.68 Å². The second kappa shape index (κ2) is 3.05. The van der Waals surface area contributed by atoms with Crippen LogP contribution >= 0.6 is 0 Å². The van der Waals surface area contributed by atoms with Gasteiger partial charge in [-0.1, -0.05) is 12.2 Å². The fraction of sp³-hybridized carbons (Fsp3) is 0.333. The first-order valence-electron chi connectivity index (χ1n) is 4.21. The van der Waals surface area contributed by atoms with Crippen LogP contribution in [0, 0.1) is 0 Å². The second-order valence-electron chi connectivity index (χ2n) is 3.06. The number of carbonyl (C=O) groups is 1. The Labute approximate surface area is 75.5 Å². The molecule has 2 rings (SSSR count). The van der Waals surface area contributed by atoms with E-state index in [1.807, 2.05) is 0 Å². The topological polar surface area (TPSA) is 55.1 Å². The van der Waals surface area contributed by atoms with Crippen LogP contribution in [0.25, 0.3) is 0 Å². The summed E-state index contributed by atoms with van der Waals surface area (Å²) >= 11 is 0. The Morgan fingerprint density at radius 3 is 2.85 bits per heavy atom. The fourth-order valence-corrected chi connectivity index (χ4v) is 1.58. The molecule has 1 aromatic rings. The highest BCUT2D eigenvalue weighted by atomic mass is 16.4. The first kappa shape index (κ1) is 8.04. The molecular weight excluding hydrogens is 168 g/mol. The molecule has 68 valence electrons. The van der Waals surface area contributed by atoms with Gasteiger partial charge in [-0.25, -0.2) is 4.79 Å². The molecule has 0 spiro atoms. The maximum absolute atomic E-state index is 10.8. The van der Waals surface area contributed by atoms with Gasteiger partial charge in [0.25, 0.3) is 0 Å². The van der Waals surface area contributed by atoms with Crippen molar-refractivity contribution in [3.8, 4) is 0 Å². The molecule has 1 aromatic heterocycles. The highest BCUT2D eigenvalue weighted by molar-refractivity contribution is 5.85. The lowest BCUT2D eigenvalue weighted by Crippen LogP contribution is -2.14. The Morgan fingerprint density at radius 2 is 2.23 bits per heavy atom. The second-order valence-corrected chi connectivity index (χ2v) is 3.06. The van der Waals surface area contributed by atoms with E-state index in [0.29, 0.717) is 0 Å². The minimum Gasteiger partial charge on any atom is -0.477 e. The Morgan fingerprint density at radius 1 is 1.54 bits per heavy atom. The summed E-state index contributed by atoms with van der Waals surface area (Å²) in [5.41, 5.74) is 0.272. The minimum atomic E-state index is -0.913. The third kappa shape index (κ3) is 1.35. The average Bonchev–Trinajstić information content (AvgIpc) is 2.74.